The molecular weight excluding hydrogens is 389 g/mol. The average molecular weight is 415 g/mol. The molecule has 0 aliphatic carbocycles. The van der Waals surface area contributed by atoms with Gasteiger partial charge in [0, 0.05) is 0 Å². The molecule has 0 atom stereocenters. The van der Waals surface area contributed by atoms with Crippen LogP contribution in [0.5, 0.6) is 0 Å². The average Bonchev–Trinajstić information content (AvgIpc) is 2.68. The summed E-state index contributed by atoms with van der Waals surface area (Å²) in [5, 5.41) is 4.37. The maximum Gasteiger partial charge on any atom is 0.112 e. The molecule has 0 bridgehead atoms. The minimum absolute atomic E-state index is 0. The van der Waals surface area contributed by atoms with Crippen LogP contribution in [0.1, 0.15) is 12.8 Å². The van der Waals surface area contributed by atoms with Gasteiger partial charge in [-0.05, 0) is 55.8 Å². The van der Waals surface area contributed by atoms with Crippen molar-refractivity contribution in [1.82, 2.24) is 0 Å². The van der Waals surface area contributed by atoms with Crippen LogP contribution in [-0.2, 0) is 0 Å². The number of hydrogen-bond acceptors (Lipinski definition) is 1. The SMILES string of the molecule is Br.NCCCC[P+](c1ccccc1)(c1ccccc1)c1ccccc1. The number of nitrogens with two attached hydrogens (primary N) is 1. The molecule has 0 fully saturated rings. The van der Waals surface area contributed by atoms with Crippen molar-refractivity contribution in [2.24, 2.45) is 5.73 Å². The summed E-state index contributed by atoms with van der Waals surface area (Å²) in [6.45, 7) is 0.762. The molecule has 3 heteroatoms. The van der Waals surface area contributed by atoms with Crippen molar-refractivity contribution in [3.63, 3.8) is 0 Å². The normalized spacial score (nSPS) is 10.9. The lowest BCUT2D eigenvalue weighted by molar-refractivity contribution is 0.811. The Morgan fingerprint density at radius 3 is 1.24 bits per heavy atom. The Labute approximate surface area is 162 Å². The van der Waals surface area contributed by atoms with E-state index in [-0.39, 0.29) is 17.0 Å². The summed E-state index contributed by atoms with van der Waals surface area (Å²) in [6, 6.07) is 33.1. The van der Waals surface area contributed by atoms with Gasteiger partial charge in [0.25, 0.3) is 0 Å². The molecule has 0 radical (unpaired) electrons. The zero-order valence-corrected chi connectivity index (χ0v) is 17.0. The molecule has 25 heavy (non-hydrogen) atoms. The zero-order chi connectivity index (χ0) is 16.7. The van der Waals surface area contributed by atoms with E-state index in [9.17, 15) is 0 Å². The summed E-state index contributed by atoms with van der Waals surface area (Å²) < 4.78 is 0. The predicted octanol–water partition coefficient (Wildman–Crippen LogP) is 4.30. The van der Waals surface area contributed by atoms with Crippen molar-refractivity contribution >= 4 is 40.2 Å². The molecule has 0 aromatic heterocycles. The Balaban J connectivity index is 0.00000225. The van der Waals surface area contributed by atoms with Gasteiger partial charge < -0.3 is 5.73 Å². The van der Waals surface area contributed by atoms with Crippen LogP contribution in [0.4, 0.5) is 0 Å². The fraction of sp³-hybridized carbons (Fsp3) is 0.182. The lowest BCUT2D eigenvalue weighted by Gasteiger charge is -2.27. The molecule has 0 saturated heterocycles. The van der Waals surface area contributed by atoms with Gasteiger partial charge in [-0.15, -0.1) is 17.0 Å². The fourth-order valence-electron chi connectivity index (χ4n) is 3.38. The lowest BCUT2D eigenvalue weighted by Crippen LogP contribution is -2.33. The van der Waals surface area contributed by atoms with E-state index in [1.54, 1.807) is 0 Å². The zero-order valence-electron chi connectivity index (χ0n) is 14.4. The Morgan fingerprint density at radius 1 is 0.560 bits per heavy atom. The molecule has 0 amide bonds. The molecule has 0 heterocycles. The smallest absolute Gasteiger partial charge is 0.112 e. The molecule has 1 nitrogen and oxygen atoms in total. The molecule has 0 aliphatic rings. The molecule has 0 aliphatic heterocycles. The Hall–Kier alpha value is -1.47. The van der Waals surface area contributed by atoms with Gasteiger partial charge in [-0.1, -0.05) is 54.6 Å². The number of halogens is 1. The molecule has 130 valence electrons. The highest BCUT2D eigenvalue weighted by atomic mass is 79.9. The molecule has 0 spiro atoms. The predicted molar refractivity (Wildman–Crippen MR) is 119 cm³/mol. The third kappa shape index (κ3) is 4.39. The highest BCUT2D eigenvalue weighted by molar-refractivity contribution is 8.93. The van der Waals surface area contributed by atoms with Gasteiger partial charge in [0.2, 0.25) is 0 Å². The quantitative estimate of drug-likeness (QED) is 0.452. The van der Waals surface area contributed by atoms with Crippen LogP contribution in [0.25, 0.3) is 0 Å². The van der Waals surface area contributed by atoms with Crippen LogP contribution in [0.15, 0.2) is 91.0 Å². The summed E-state index contributed by atoms with van der Waals surface area (Å²) in [7, 11) is -1.64. The van der Waals surface area contributed by atoms with E-state index in [0.717, 1.165) is 19.4 Å². The van der Waals surface area contributed by atoms with Gasteiger partial charge in [-0.25, -0.2) is 0 Å². The molecule has 3 aromatic carbocycles. The van der Waals surface area contributed by atoms with E-state index in [4.69, 9.17) is 5.73 Å². The second kappa shape index (κ2) is 9.87. The summed E-state index contributed by atoms with van der Waals surface area (Å²) in [6.07, 6.45) is 3.40. The van der Waals surface area contributed by atoms with E-state index >= 15 is 0 Å². The van der Waals surface area contributed by atoms with Crippen molar-refractivity contribution in [2.75, 3.05) is 12.7 Å². The number of hydrogen-bond donors (Lipinski definition) is 1. The number of rotatable bonds is 7. The van der Waals surface area contributed by atoms with Gasteiger partial charge in [-0.3, -0.25) is 0 Å². The molecule has 2 N–H and O–H groups in total. The van der Waals surface area contributed by atoms with Crippen LogP contribution < -0.4 is 21.6 Å². The summed E-state index contributed by atoms with van der Waals surface area (Å²) in [5.74, 6) is 0. The van der Waals surface area contributed by atoms with Crippen molar-refractivity contribution in [2.45, 2.75) is 12.8 Å². The van der Waals surface area contributed by atoms with Gasteiger partial charge in [0.05, 0.1) is 6.16 Å². The Kier molecular flexibility index (Phi) is 7.84. The van der Waals surface area contributed by atoms with E-state index in [2.05, 4.69) is 91.0 Å². The molecule has 3 rings (SSSR count). The van der Waals surface area contributed by atoms with E-state index in [1.807, 2.05) is 0 Å². The van der Waals surface area contributed by atoms with Crippen LogP contribution in [0.3, 0.4) is 0 Å². The monoisotopic (exact) mass is 414 g/mol. The van der Waals surface area contributed by atoms with Crippen molar-refractivity contribution < 1.29 is 0 Å². The molecule has 0 unspecified atom stereocenters. The summed E-state index contributed by atoms with van der Waals surface area (Å²) in [4.78, 5) is 0. The highest BCUT2D eigenvalue weighted by Gasteiger charge is 2.44. The molecular formula is C22H26BrNP+. The number of benzene rings is 3. The van der Waals surface area contributed by atoms with Gasteiger partial charge >= 0.3 is 0 Å². The second-order valence-corrected chi connectivity index (χ2v) is 9.65. The van der Waals surface area contributed by atoms with Crippen molar-refractivity contribution in [1.29, 1.82) is 0 Å². The Morgan fingerprint density at radius 2 is 0.920 bits per heavy atom. The second-order valence-electron chi connectivity index (χ2n) is 6.04. The minimum atomic E-state index is -1.64. The van der Waals surface area contributed by atoms with Gasteiger partial charge in [0.15, 0.2) is 0 Å². The van der Waals surface area contributed by atoms with Crippen LogP contribution in [0.2, 0.25) is 0 Å². The van der Waals surface area contributed by atoms with Crippen molar-refractivity contribution in [3.8, 4) is 0 Å². The largest absolute Gasteiger partial charge is 0.330 e. The highest BCUT2D eigenvalue weighted by Crippen LogP contribution is 2.55. The van der Waals surface area contributed by atoms with E-state index in [0.29, 0.717) is 0 Å². The van der Waals surface area contributed by atoms with Crippen LogP contribution in [0, 0.1) is 0 Å². The third-order valence-corrected chi connectivity index (χ3v) is 9.06. The first-order valence-electron chi connectivity index (χ1n) is 8.63. The minimum Gasteiger partial charge on any atom is -0.330 e. The third-order valence-electron chi connectivity index (χ3n) is 4.54. The fourth-order valence-corrected chi connectivity index (χ4v) is 7.79. The van der Waals surface area contributed by atoms with E-state index in [1.165, 1.54) is 22.1 Å². The number of unbranched alkanes of at least 4 members (excludes halogenated alkanes) is 1. The van der Waals surface area contributed by atoms with Crippen LogP contribution in [-0.4, -0.2) is 12.7 Å². The summed E-state index contributed by atoms with van der Waals surface area (Å²) in [5.41, 5.74) is 5.79. The van der Waals surface area contributed by atoms with Gasteiger partial charge in [-0.2, -0.15) is 0 Å². The summed E-state index contributed by atoms with van der Waals surface area (Å²) >= 11 is 0. The molecule has 3 aromatic rings. The van der Waals surface area contributed by atoms with Gasteiger partial charge in [0.1, 0.15) is 23.2 Å². The van der Waals surface area contributed by atoms with Crippen LogP contribution >= 0.6 is 24.2 Å². The lowest BCUT2D eigenvalue weighted by atomic mass is 10.3. The van der Waals surface area contributed by atoms with E-state index < -0.39 is 7.26 Å². The van der Waals surface area contributed by atoms with Crippen molar-refractivity contribution in [3.05, 3.63) is 91.0 Å². The molecule has 0 saturated carbocycles. The maximum absolute atomic E-state index is 5.79. The first-order valence-corrected chi connectivity index (χ1v) is 10.6. The maximum atomic E-state index is 5.79. The Bertz CT molecular complexity index is 635. The topological polar surface area (TPSA) is 26.0 Å². The standard InChI is InChI=1S/C22H25NP.BrH/c23-18-10-11-19-24(20-12-4-1-5-13-20,21-14-6-2-7-15-21)22-16-8-3-9-17-22;/h1-9,12-17H,10-11,18-19,23H2;1H/q+1;. The first kappa shape index (κ1) is 19.8. The first-order chi connectivity index (χ1) is 11.9.